The van der Waals surface area contributed by atoms with Crippen LogP contribution in [0.4, 0.5) is 14.5 Å². The van der Waals surface area contributed by atoms with E-state index in [1.54, 1.807) is 24.3 Å². The molecule has 7 heteroatoms. The van der Waals surface area contributed by atoms with Gasteiger partial charge in [0.05, 0.1) is 12.1 Å². The van der Waals surface area contributed by atoms with Gasteiger partial charge >= 0.3 is 0 Å². The zero-order chi connectivity index (χ0) is 17.5. The number of benzene rings is 2. The summed E-state index contributed by atoms with van der Waals surface area (Å²) in [6, 6.07) is 9.44. The normalized spacial score (nSPS) is 10.3. The van der Waals surface area contributed by atoms with E-state index in [1.165, 1.54) is 0 Å². The SMILES string of the molecule is O=C(CNC(=O)c1ccc(F)cc1F)Nc1ccc(CCO)cc1. The number of aliphatic hydroxyl groups is 1. The third kappa shape index (κ3) is 4.85. The summed E-state index contributed by atoms with van der Waals surface area (Å²) in [6.07, 6.45) is 0.521. The fraction of sp³-hybridized carbons (Fsp3) is 0.176. The molecule has 2 amide bonds. The second-order valence-corrected chi connectivity index (χ2v) is 5.03. The van der Waals surface area contributed by atoms with Gasteiger partial charge in [-0.1, -0.05) is 12.1 Å². The van der Waals surface area contributed by atoms with Crippen molar-refractivity contribution in [2.75, 3.05) is 18.5 Å². The van der Waals surface area contributed by atoms with Crippen molar-refractivity contribution in [2.45, 2.75) is 6.42 Å². The molecule has 0 saturated heterocycles. The van der Waals surface area contributed by atoms with Crippen molar-refractivity contribution < 1.29 is 23.5 Å². The van der Waals surface area contributed by atoms with Crippen LogP contribution in [0, 0.1) is 11.6 Å². The van der Waals surface area contributed by atoms with Gasteiger partial charge in [0, 0.05) is 18.4 Å². The molecule has 0 aromatic heterocycles. The summed E-state index contributed by atoms with van der Waals surface area (Å²) in [5.74, 6) is -3.07. The van der Waals surface area contributed by atoms with Gasteiger partial charge in [-0.05, 0) is 36.2 Å². The highest BCUT2D eigenvalue weighted by molar-refractivity contribution is 5.99. The third-order valence-corrected chi connectivity index (χ3v) is 3.22. The van der Waals surface area contributed by atoms with Gasteiger partial charge in [0.2, 0.25) is 5.91 Å². The molecular weight excluding hydrogens is 318 g/mol. The molecule has 2 rings (SSSR count). The summed E-state index contributed by atoms with van der Waals surface area (Å²) in [4.78, 5) is 23.6. The van der Waals surface area contributed by atoms with Crippen molar-refractivity contribution in [3.05, 3.63) is 65.2 Å². The maximum absolute atomic E-state index is 13.5. The summed E-state index contributed by atoms with van der Waals surface area (Å²) in [7, 11) is 0. The Labute approximate surface area is 137 Å². The lowest BCUT2D eigenvalue weighted by Gasteiger charge is -2.08. The van der Waals surface area contributed by atoms with Gasteiger partial charge in [-0.15, -0.1) is 0 Å². The van der Waals surface area contributed by atoms with E-state index in [1.807, 2.05) is 0 Å². The quantitative estimate of drug-likeness (QED) is 0.755. The number of hydrogen-bond acceptors (Lipinski definition) is 3. The van der Waals surface area contributed by atoms with Crippen LogP contribution in [0.15, 0.2) is 42.5 Å². The topological polar surface area (TPSA) is 78.4 Å². The highest BCUT2D eigenvalue weighted by atomic mass is 19.1. The number of amides is 2. The van der Waals surface area contributed by atoms with E-state index in [9.17, 15) is 18.4 Å². The molecule has 3 N–H and O–H groups in total. The van der Waals surface area contributed by atoms with E-state index in [2.05, 4.69) is 10.6 Å². The van der Waals surface area contributed by atoms with Crippen LogP contribution in [0.5, 0.6) is 0 Å². The first-order chi connectivity index (χ1) is 11.5. The summed E-state index contributed by atoms with van der Waals surface area (Å²) in [5, 5.41) is 13.7. The molecule has 24 heavy (non-hydrogen) atoms. The zero-order valence-corrected chi connectivity index (χ0v) is 12.7. The molecule has 0 aliphatic heterocycles. The molecule has 126 valence electrons. The van der Waals surface area contributed by atoms with Crippen molar-refractivity contribution in [1.29, 1.82) is 0 Å². The van der Waals surface area contributed by atoms with E-state index in [0.29, 0.717) is 18.2 Å². The first-order valence-corrected chi connectivity index (χ1v) is 7.22. The zero-order valence-electron chi connectivity index (χ0n) is 12.7. The predicted octanol–water partition coefficient (Wildman–Crippen LogP) is 1.87. The van der Waals surface area contributed by atoms with E-state index < -0.39 is 23.4 Å². The van der Waals surface area contributed by atoms with Crippen LogP contribution in [-0.2, 0) is 11.2 Å². The van der Waals surface area contributed by atoms with Crippen molar-refractivity contribution in [1.82, 2.24) is 5.32 Å². The number of aliphatic hydroxyl groups excluding tert-OH is 1. The minimum atomic E-state index is -0.993. The van der Waals surface area contributed by atoms with Crippen LogP contribution in [0.1, 0.15) is 15.9 Å². The minimum Gasteiger partial charge on any atom is -0.396 e. The van der Waals surface area contributed by atoms with E-state index >= 15 is 0 Å². The number of nitrogens with one attached hydrogen (secondary N) is 2. The number of hydrogen-bond donors (Lipinski definition) is 3. The van der Waals surface area contributed by atoms with Gasteiger partial charge in [0.1, 0.15) is 11.6 Å². The molecule has 2 aromatic carbocycles. The Kier molecular flexibility index (Phi) is 5.97. The Hall–Kier alpha value is -2.80. The number of rotatable bonds is 6. The van der Waals surface area contributed by atoms with E-state index in [-0.39, 0.29) is 18.7 Å². The average molecular weight is 334 g/mol. The molecule has 0 heterocycles. The Morgan fingerprint density at radius 2 is 1.75 bits per heavy atom. The smallest absolute Gasteiger partial charge is 0.254 e. The van der Waals surface area contributed by atoms with Crippen LogP contribution in [0.3, 0.4) is 0 Å². The fourth-order valence-corrected chi connectivity index (χ4v) is 2.02. The fourth-order valence-electron chi connectivity index (χ4n) is 2.02. The highest BCUT2D eigenvalue weighted by Gasteiger charge is 2.13. The van der Waals surface area contributed by atoms with Crippen LogP contribution in [0.2, 0.25) is 0 Å². The van der Waals surface area contributed by atoms with Gasteiger partial charge in [0.25, 0.3) is 5.91 Å². The van der Waals surface area contributed by atoms with Gasteiger partial charge in [0.15, 0.2) is 0 Å². The molecule has 0 fully saturated rings. The van der Waals surface area contributed by atoms with Gasteiger partial charge in [-0.25, -0.2) is 8.78 Å². The molecule has 0 spiro atoms. The van der Waals surface area contributed by atoms with Crippen molar-refractivity contribution in [3.8, 4) is 0 Å². The maximum atomic E-state index is 13.5. The average Bonchev–Trinajstić information content (AvgIpc) is 2.55. The monoisotopic (exact) mass is 334 g/mol. The predicted molar refractivity (Wildman–Crippen MR) is 84.6 cm³/mol. The summed E-state index contributed by atoms with van der Waals surface area (Å²) in [6.45, 7) is -0.314. The molecule has 0 atom stereocenters. The number of anilines is 1. The first-order valence-electron chi connectivity index (χ1n) is 7.22. The van der Waals surface area contributed by atoms with Gasteiger partial charge in [-0.3, -0.25) is 9.59 Å². The third-order valence-electron chi connectivity index (χ3n) is 3.22. The van der Waals surface area contributed by atoms with Crippen LogP contribution < -0.4 is 10.6 Å². The number of carbonyl (C=O) groups is 2. The van der Waals surface area contributed by atoms with Crippen LogP contribution in [-0.4, -0.2) is 30.1 Å². The molecular formula is C17H16F2N2O3. The number of carbonyl (C=O) groups excluding carboxylic acids is 2. The Morgan fingerprint density at radius 1 is 1.04 bits per heavy atom. The molecule has 5 nitrogen and oxygen atoms in total. The Balaban J connectivity index is 1.87. The molecule has 0 aliphatic rings. The van der Waals surface area contributed by atoms with Crippen molar-refractivity contribution >= 4 is 17.5 Å². The second-order valence-electron chi connectivity index (χ2n) is 5.03. The molecule has 0 bridgehead atoms. The number of halogens is 2. The first kappa shape index (κ1) is 17.6. The summed E-state index contributed by atoms with van der Waals surface area (Å²) < 4.78 is 26.2. The maximum Gasteiger partial charge on any atom is 0.254 e. The molecule has 0 unspecified atom stereocenters. The second kappa shape index (κ2) is 8.16. The summed E-state index contributed by atoms with van der Waals surface area (Å²) in [5.41, 5.74) is 1.12. The molecule has 0 saturated carbocycles. The van der Waals surface area contributed by atoms with Crippen molar-refractivity contribution in [3.63, 3.8) is 0 Å². The lowest BCUT2D eigenvalue weighted by atomic mass is 10.1. The molecule has 0 radical (unpaired) electrons. The lowest BCUT2D eigenvalue weighted by molar-refractivity contribution is -0.115. The Morgan fingerprint density at radius 3 is 2.38 bits per heavy atom. The van der Waals surface area contributed by atoms with E-state index in [4.69, 9.17) is 5.11 Å². The highest BCUT2D eigenvalue weighted by Crippen LogP contribution is 2.10. The van der Waals surface area contributed by atoms with Crippen molar-refractivity contribution in [2.24, 2.45) is 0 Å². The van der Waals surface area contributed by atoms with E-state index in [0.717, 1.165) is 17.7 Å². The Bertz CT molecular complexity index is 733. The van der Waals surface area contributed by atoms with Crippen LogP contribution >= 0.6 is 0 Å². The lowest BCUT2D eigenvalue weighted by Crippen LogP contribution is -2.33. The standard InChI is InChI=1S/C17H16F2N2O3/c18-12-3-6-14(15(19)9-12)17(24)20-10-16(23)21-13-4-1-11(2-5-13)7-8-22/h1-6,9,22H,7-8,10H2,(H,20,24)(H,21,23). The molecule has 2 aromatic rings. The largest absolute Gasteiger partial charge is 0.396 e. The van der Waals surface area contributed by atoms with Gasteiger partial charge < -0.3 is 15.7 Å². The molecule has 0 aliphatic carbocycles. The van der Waals surface area contributed by atoms with Gasteiger partial charge in [-0.2, -0.15) is 0 Å². The van der Waals surface area contributed by atoms with Crippen LogP contribution in [0.25, 0.3) is 0 Å². The minimum absolute atomic E-state index is 0.0394. The summed E-state index contributed by atoms with van der Waals surface area (Å²) >= 11 is 0.